The Hall–Kier alpha value is -2.30. The van der Waals surface area contributed by atoms with Crippen molar-refractivity contribution in [2.24, 2.45) is 10.8 Å². The van der Waals surface area contributed by atoms with Gasteiger partial charge in [-0.15, -0.1) is 0 Å². The lowest BCUT2D eigenvalue weighted by atomic mass is 10.1. The first-order chi connectivity index (χ1) is 8.27. The second-order valence-electron chi connectivity index (χ2n) is 3.66. The van der Waals surface area contributed by atoms with Crippen LogP contribution in [-0.2, 0) is 0 Å². The van der Waals surface area contributed by atoms with Crippen LogP contribution in [0.3, 0.4) is 0 Å². The van der Waals surface area contributed by atoms with E-state index < -0.39 is 6.03 Å². The molecule has 1 aromatic rings. The Balaban J connectivity index is 2.10. The Morgan fingerprint density at radius 3 is 2.65 bits per heavy atom. The van der Waals surface area contributed by atoms with Crippen LogP contribution in [0.25, 0.3) is 5.70 Å². The molecule has 17 heavy (non-hydrogen) atoms. The van der Waals surface area contributed by atoms with Crippen molar-refractivity contribution in [3.63, 3.8) is 0 Å². The minimum absolute atomic E-state index is 0.664. The lowest BCUT2D eigenvalue weighted by Crippen LogP contribution is -2.24. The van der Waals surface area contributed by atoms with Crippen LogP contribution in [0.4, 0.5) is 4.79 Å². The molecule has 0 bridgehead atoms. The third-order valence-corrected chi connectivity index (χ3v) is 2.34. The van der Waals surface area contributed by atoms with Crippen LogP contribution < -0.4 is 11.2 Å². The first kappa shape index (κ1) is 11.2. The summed E-state index contributed by atoms with van der Waals surface area (Å²) in [5.74, 6) is 0. The number of hydrazone groups is 1. The third kappa shape index (κ3) is 3.34. The van der Waals surface area contributed by atoms with Gasteiger partial charge in [-0.05, 0) is 11.6 Å². The topological polar surface area (TPSA) is 70.5 Å². The van der Waals surface area contributed by atoms with Crippen molar-refractivity contribution in [1.29, 1.82) is 0 Å². The maximum absolute atomic E-state index is 10.4. The van der Waals surface area contributed by atoms with Crippen molar-refractivity contribution in [3.8, 4) is 0 Å². The summed E-state index contributed by atoms with van der Waals surface area (Å²) in [6, 6.07) is 9.38. The van der Waals surface area contributed by atoms with E-state index in [4.69, 9.17) is 5.73 Å². The summed E-state index contributed by atoms with van der Waals surface area (Å²) in [7, 11) is 0. The molecule has 1 saturated heterocycles. The van der Waals surface area contributed by atoms with E-state index in [0.717, 1.165) is 24.4 Å². The van der Waals surface area contributed by atoms with Crippen molar-refractivity contribution in [2.45, 2.75) is 0 Å². The quantitative estimate of drug-likeness (QED) is 0.460. The third-order valence-electron chi connectivity index (χ3n) is 2.34. The van der Waals surface area contributed by atoms with Gasteiger partial charge in [0.05, 0.1) is 0 Å². The fraction of sp³-hybridized carbons (Fsp3) is 0.167. The normalized spacial score (nSPS) is 15.1. The van der Waals surface area contributed by atoms with E-state index >= 15 is 0 Å². The van der Waals surface area contributed by atoms with Crippen molar-refractivity contribution in [2.75, 3.05) is 13.1 Å². The monoisotopic (exact) mass is 230 g/mol. The molecule has 0 unspecified atom stereocenters. The molecule has 0 saturated carbocycles. The molecule has 5 nitrogen and oxygen atoms in total. The highest BCUT2D eigenvalue weighted by Gasteiger charge is 2.20. The molecule has 0 radical (unpaired) electrons. The summed E-state index contributed by atoms with van der Waals surface area (Å²) in [6.45, 7) is 2.11. The van der Waals surface area contributed by atoms with Crippen molar-refractivity contribution < 1.29 is 4.79 Å². The number of rotatable bonds is 4. The van der Waals surface area contributed by atoms with E-state index in [1.165, 1.54) is 6.21 Å². The number of nitrogens with one attached hydrogen (secondary N) is 1. The number of carbonyl (C=O) groups is 1. The highest BCUT2D eigenvalue weighted by Crippen LogP contribution is 2.24. The lowest BCUT2D eigenvalue weighted by molar-refractivity contribution is 0.249. The number of hydrogen-bond donors (Lipinski definition) is 2. The number of urea groups is 1. The van der Waals surface area contributed by atoms with Gasteiger partial charge < -0.3 is 10.6 Å². The molecule has 1 fully saturated rings. The van der Waals surface area contributed by atoms with Crippen LogP contribution >= 0.6 is 0 Å². The Morgan fingerprint density at radius 2 is 2.06 bits per heavy atom. The molecule has 1 heterocycles. The maximum Gasteiger partial charge on any atom is 0.332 e. The summed E-state index contributed by atoms with van der Waals surface area (Å²) >= 11 is 0. The number of nitrogens with zero attached hydrogens (tertiary/aromatic N) is 2. The van der Waals surface area contributed by atoms with E-state index in [9.17, 15) is 4.79 Å². The number of amides is 2. The number of carbonyl (C=O) groups excluding carboxylic acids is 1. The molecule has 1 aliphatic heterocycles. The van der Waals surface area contributed by atoms with Gasteiger partial charge in [-0.25, -0.2) is 10.2 Å². The second kappa shape index (κ2) is 5.16. The van der Waals surface area contributed by atoms with E-state index in [1.54, 1.807) is 0 Å². The zero-order chi connectivity index (χ0) is 12.1. The molecule has 0 atom stereocenters. The van der Waals surface area contributed by atoms with Crippen LogP contribution in [0.5, 0.6) is 0 Å². The van der Waals surface area contributed by atoms with Crippen LogP contribution in [0, 0.1) is 0 Å². The van der Waals surface area contributed by atoms with Crippen molar-refractivity contribution in [3.05, 3.63) is 42.0 Å². The van der Waals surface area contributed by atoms with Crippen LogP contribution in [0.15, 0.2) is 41.5 Å². The standard InChI is InChI=1S/C12H14N4O/c13-12(17)15-14-7-6-11(16-8-9-16)10-4-2-1-3-5-10/h1-7H,8-9H2,(H3,13,15,17). The fourth-order valence-electron chi connectivity index (χ4n) is 1.49. The minimum Gasteiger partial charge on any atom is -0.367 e. The predicted molar refractivity (Wildman–Crippen MR) is 67.2 cm³/mol. The van der Waals surface area contributed by atoms with E-state index in [0.29, 0.717) is 0 Å². The van der Waals surface area contributed by atoms with Crippen molar-refractivity contribution in [1.82, 2.24) is 10.3 Å². The average molecular weight is 230 g/mol. The molecule has 2 rings (SSSR count). The van der Waals surface area contributed by atoms with Gasteiger partial charge >= 0.3 is 6.03 Å². The lowest BCUT2D eigenvalue weighted by Gasteiger charge is -2.07. The van der Waals surface area contributed by atoms with E-state index in [1.807, 2.05) is 36.4 Å². The Morgan fingerprint density at radius 1 is 1.35 bits per heavy atom. The zero-order valence-corrected chi connectivity index (χ0v) is 9.34. The molecule has 1 aromatic carbocycles. The van der Waals surface area contributed by atoms with Crippen LogP contribution in [-0.4, -0.2) is 30.2 Å². The largest absolute Gasteiger partial charge is 0.367 e. The van der Waals surface area contributed by atoms with Crippen LogP contribution in [0.1, 0.15) is 5.56 Å². The average Bonchev–Trinajstić information content (AvgIpc) is 3.14. The molecule has 3 N–H and O–H groups in total. The molecule has 0 spiro atoms. The molecular formula is C12H14N4O. The van der Waals surface area contributed by atoms with Gasteiger partial charge in [0.1, 0.15) is 0 Å². The number of hydrogen-bond acceptors (Lipinski definition) is 3. The summed E-state index contributed by atoms with van der Waals surface area (Å²) in [6.07, 6.45) is 3.39. The van der Waals surface area contributed by atoms with E-state index in [2.05, 4.69) is 15.4 Å². The molecule has 1 aliphatic rings. The van der Waals surface area contributed by atoms with Gasteiger partial charge in [0.25, 0.3) is 0 Å². The van der Waals surface area contributed by atoms with Gasteiger partial charge in [-0.1, -0.05) is 30.3 Å². The summed E-state index contributed by atoms with van der Waals surface area (Å²) in [4.78, 5) is 12.6. The molecule has 0 aliphatic carbocycles. The first-order valence-electron chi connectivity index (χ1n) is 5.36. The number of nitrogens with two attached hydrogens (primary N) is 1. The first-order valence-corrected chi connectivity index (χ1v) is 5.36. The SMILES string of the molecule is NC(=O)NN=CC=C(c1ccccc1)N1CC1. The Kier molecular flexibility index (Phi) is 3.40. The number of benzene rings is 1. The number of primary amides is 1. The highest BCUT2D eigenvalue weighted by molar-refractivity contribution is 5.85. The summed E-state index contributed by atoms with van der Waals surface area (Å²) in [5.41, 5.74) is 9.29. The molecule has 5 heteroatoms. The predicted octanol–water partition coefficient (Wildman–Crippen LogP) is 0.997. The smallest absolute Gasteiger partial charge is 0.332 e. The van der Waals surface area contributed by atoms with Gasteiger partial charge in [-0.3, -0.25) is 0 Å². The fourth-order valence-corrected chi connectivity index (χ4v) is 1.49. The summed E-state index contributed by atoms with van der Waals surface area (Å²) < 4.78 is 0. The Bertz CT molecular complexity index is 449. The van der Waals surface area contributed by atoms with Gasteiger partial charge in [0.2, 0.25) is 0 Å². The Labute approximate surface area is 99.6 Å². The minimum atomic E-state index is -0.664. The molecular weight excluding hydrogens is 216 g/mol. The molecule has 2 amide bonds. The van der Waals surface area contributed by atoms with Gasteiger partial charge in [0.15, 0.2) is 0 Å². The second-order valence-corrected chi connectivity index (χ2v) is 3.66. The van der Waals surface area contributed by atoms with Gasteiger partial charge in [-0.2, -0.15) is 5.10 Å². The zero-order valence-electron chi connectivity index (χ0n) is 9.34. The van der Waals surface area contributed by atoms with Crippen LogP contribution in [0.2, 0.25) is 0 Å². The highest BCUT2D eigenvalue weighted by atomic mass is 16.2. The maximum atomic E-state index is 10.4. The number of allylic oxidation sites excluding steroid dienone is 1. The summed E-state index contributed by atoms with van der Waals surface area (Å²) in [5, 5.41) is 3.69. The van der Waals surface area contributed by atoms with Crippen molar-refractivity contribution >= 4 is 17.9 Å². The van der Waals surface area contributed by atoms with Gasteiger partial charge in [0, 0.05) is 25.0 Å². The van der Waals surface area contributed by atoms with E-state index in [-0.39, 0.29) is 0 Å². The molecule has 0 aromatic heterocycles. The molecule has 88 valence electrons.